The van der Waals surface area contributed by atoms with Gasteiger partial charge in [0.25, 0.3) is 0 Å². The summed E-state index contributed by atoms with van der Waals surface area (Å²) in [5.41, 5.74) is 0.618. The van der Waals surface area contributed by atoms with Crippen molar-refractivity contribution in [2.75, 3.05) is 6.61 Å². The molecule has 0 N–H and O–H groups in total. The number of ether oxygens (including phenoxy) is 1. The lowest BCUT2D eigenvalue weighted by Crippen LogP contribution is -2.03. The molecule has 0 radical (unpaired) electrons. The second kappa shape index (κ2) is 4.13. The highest BCUT2D eigenvalue weighted by molar-refractivity contribution is 6.17. The Morgan fingerprint density at radius 1 is 1.57 bits per heavy atom. The van der Waals surface area contributed by atoms with Crippen molar-refractivity contribution < 1.29 is 9.13 Å². The standard InChI is InChI=1S/C10H11ClFNO/c11-4-8-3-9(12)5-13-10(8)14-6-7-1-2-7/h3,5,7H,1-2,4,6H2. The van der Waals surface area contributed by atoms with Crippen molar-refractivity contribution >= 4 is 11.6 Å². The first-order chi connectivity index (χ1) is 6.79. The summed E-state index contributed by atoms with van der Waals surface area (Å²) in [6, 6.07) is 1.36. The van der Waals surface area contributed by atoms with E-state index < -0.39 is 0 Å². The van der Waals surface area contributed by atoms with E-state index in [4.69, 9.17) is 16.3 Å². The third-order valence-corrected chi connectivity index (χ3v) is 2.48. The number of aromatic nitrogens is 1. The molecule has 1 aliphatic rings. The van der Waals surface area contributed by atoms with Crippen LogP contribution in [-0.4, -0.2) is 11.6 Å². The summed E-state index contributed by atoms with van der Waals surface area (Å²) in [6.07, 6.45) is 3.59. The fourth-order valence-electron chi connectivity index (χ4n) is 1.18. The van der Waals surface area contributed by atoms with Gasteiger partial charge in [0.1, 0.15) is 5.82 Å². The van der Waals surface area contributed by atoms with E-state index in [1.165, 1.54) is 18.9 Å². The van der Waals surface area contributed by atoms with Crippen molar-refractivity contribution in [2.24, 2.45) is 5.92 Å². The van der Waals surface area contributed by atoms with E-state index in [2.05, 4.69) is 4.98 Å². The second-order valence-electron chi connectivity index (χ2n) is 3.51. The Hall–Kier alpha value is -0.830. The molecule has 1 aromatic rings. The summed E-state index contributed by atoms with van der Waals surface area (Å²) in [7, 11) is 0. The normalized spacial score (nSPS) is 15.6. The van der Waals surface area contributed by atoms with Gasteiger partial charge in [0.15, 0.2) is 0 Å². The molecule has 2 nitrogen and oxygen atoms in total. The predicted octanol–water partition coefficient (Wildman–Crippen LogP) is 2.75. The average molecular weight is 216 g/mol. The van der Waals surface area contributed by atoms with E-state index in [0.717, 1.165) is 6.20 Å². The van der Waals surface area contributed by atoms with Crippen LogP contribution in [-0.2, 0) is 5.88 Å². The van der Waals surface area contributed by atoms with Gasteiger partial charge in [0.2, 0.25) is 5.88 Å². The number of nitrogens with zero attached hydrogens (tertiary/aromatic N) is 1. The summed E-state index contributed by atoms with van der Waals surface area (Å²) in [6.45, 7) is 0.669. The van der Waals surface area contributed by atoms with Crippen LogP contribution in [0.2, 0.25) is 0 Å². The minimum atomic E-state index is -0.376. The van der Waals surface area contributed by atoms with E-state index in [-0.39, 0.29) is 11.7 Å². The van der Waals surface area contributed by atoms with Crippen molar-refractivity contribution in [1.29, 1.82) is 0 Å². The molecule has 0 bridgehead atoms. The van der Waals surface area contributed by atoms with Crippen LogP contribution in [0.25, 0.3) is 0 Å². The van der Waals surface area contributed by atoms with Gasteiger partial charge in [-0.1, -0.05) is 0 Å². The lowest BCUT2D eigenvalue weighted by atomic mass is 10.3. The highest BCUT2D eigenvalue weighted by atomic mass is 35.5. The van der Waals surface area contributed by atoms with Crippen LogP contribution < -0.4 is 4.74 Å². The molecule has 0 aromatic carbocycles. The Labute approximate surface area is 87.1 Å². The third kappa shape index (κ3) is 2.35. The van der Waals surface area contributed by atoms with Crippen LogP contribution in [0, 0.1) is 11.7 Å². The SMILES string of the molecule is Fc1cnc(OCC2CC2)c(CCl)c1. The van der Waals surface area contributed by atoms with Gasteiger partial charge in [0.05, 0.1) is 18.7 Å². The van der Waals surface area contributed by atoms with Crippen molar-refractivity contribution in [1.82, 2.24) is 4.98 Å². The van der Waals surface area contributed by atoms with Gasteiger partial charge >= 0.3 is 0 Å². The molecular formula is C10H11ClFNO. The second-order valence-corrected chi connectivity index (χ2v) is 3.77. The van der Waals surface area contributed by atoms with Crippen molar-refractivity contribution in [3.05, 3.63) is 23.6 Å². The molecule has 0 atom stereocenters. The third-order valence-electron chi connectivity index (χ3n) is 2.19. The van der Waals surface area contributed by atoms with Gasteiger partial charge in [-0.3, -0.25) is 0 Å². The molecule has 14 heavy (non-hydrogen) atoms. The molecule has 0 saturated heterocycles. The fourth-order valence-corrected chi connectivity index (χ4v) is 1.37. The van der Waals surface area contributed by atoms with Gasteiger partial charge in [-0.2, -0.15) is 0 Å². The molecule has 1 aliphatic carbocycles. The van der Waals surface area contributed by atoms with Gasteiger partial charge < -0.3 is 4.74 Å². The smallest absolute Gasteiger partial charge is 0.217 e. The lowest BCUT2D eigenvalue weighted by molar-refractivity contribution is 0.285. The van der Waals surface area contributed by atoms with Crippen LogP contribution in [0.5, 0.6) is 5.88 Å². The van der Waals surface area contributed by atoms with Crippen molar-refractivity contribution in [3.8, 4) is 5.88 Å². The first kappa shape index (κ1) is 9.71. The van der Waals surface area contributed by atoms with Gasteiger partial charge in [0, 0.05) is 5.56 Å². The molecule has 0 unspecified atom stereocenters. The minimum absolute atomic E-state index is 0.227. The maximum absolute atomic E-state index is 12.8. The molecule has 1 heterocycles. The van der Waals surface area contributed by atoms with Crippen LogP contribution in [0.1, 0.15) is 18.4 Å². The Morgan fingerprint density at radius 3 is 3.00 bits per heavy atom. The summed E-state index contributed by atoms with van der Waals surface area (Å²) < 4.78 is 18.2. The van der Waals surface area contributed by atoms with Gasteiger partial charge in [-0.15, -0.1) is 11.6 Å². The maximum atomic E-state index is 12.8. The Kier molecular flexibility index (Phi) is 2.87. The van der Waals surface area contributed by atoms with Crippen molar-refractivity contribution in [3.63, 3.8) is 0 Å². The quantitative estimate of drug-likeness (QED) is 0.721. The molecule has 1 aromatic heterocycles. The number of hydrogen-bond donors (Lipinski definition) is 0. The Bertz CT molecular complexity index is 328. The molecule has 0 spiro atoms. The zero-order chi connectivity index (χ0) is 9.97. The van der Waals surface area contributed by atoms with Crippen LogP contribution in [0.15, 0.2) is 12.3 Å². The highest BCUT2D eigenvalue weighted by Crippen LogP contribution is 2.30. The number of hydrogen-bond acceptors (Lipinski definition) is 2. The van der Waals surface area contributed by atoms with Crippen molar-refractivity contribution in [2.45, 2.75) is 18.7 Å². The minimum Gasteiger partial charge on any atom is -0.477 e. The summed E-state index contributed by atoms with van der Waals surface area (Å²) in [5, 5.41) is 0. The summed E-state index contributed by atoms with van der Waals surface area (Å²) in [4.78, 5) is 3.87. The number of alkyl halides is 1. The van der Waals surface area contributed by atoms with E-state index in [1.807, 2.05) is 0 Å². The topological polar surface area (TPSA) is 22.1 Å². The van der Waals surface area contributed by atoms with E-state index in [1.54, 1.807) is 0 Å². The van der Waals surface area contributed by atoms with E-state index in [0.29, 0.717) is 24.0 Å². The summed E-state index contributed by atoms with van der Waals surface area (Å²) >= 11 is 5.65. The maximum Gasteiger partial charge on any atom is 0.217 e. The van der Waals surface area contributed by atoms with Gasteiger partial charge in [-0.05, 0) is 24.8 Å². The predicted molar refractivity (Wildman–Crippen MR) is 52.0 cm³/mol. The molecule has 0 amide bonds. The van der Waals surface area contributed by atoms with E-state index >= 15 is 0 Å². The number of halogens is 2. The molecular weight excluding hydrogens is 205 g/mol. The van der Waals surface area contributed by atoms with Crippen LogP contribution >= 0.6 is 11.6 Å². The van der Waals surface area contributed by atoms with Gasteiger partial charge in [-0.25, -0.2) is 9.37 Å². The monoisotopic (exact) mass is 215 g/mol. The summed E-state index contributed by atoms with van der Waals surface area (Å²) in [5.74, 6) is 0.975. The van der Waals surface area contributed by atoms with Crippen LogP contribution in [0.4, 0.5) is 4.39 Å². The first-order valence-electron chi connectivity index (χ1n) is 4.63. The first-order valence-corrected chi connectivity index (χ1v) is 5.16. The Morgan fingerprint density at radius 2 is 2.36 bits per heavy atom. The zero-order valence-corrected chi connectivity index (χ0v) is 8.43. The number of rotatable bonds is 4. The largest absolute Gasteiger partial charge is 0.477 e. The van der Waals surface area contributed by atoms with E-state index in [9.17, 15) is 4.39 Å². The fraction of sp³-hybridized carbons (Fsp3) is 0.500. The van der Waals surface area contributed by atoms with Crippen LogP contribution in [0.3, 0.4) is 0 Å². The highest BCUT2D eigenvalue weighted by Gasteiger charge is 2.22. The molecule has 4 heteroatoms. The zero-order valence-electron chi connectivity index (χ0n) is 7.67. The molecule has 1 fully saturated rings. The Balaban J connectivity index is 2.05. The molecule has 76 valence electrons. The molecule has 0 aliphatic heterocycles. The number of pyridine rings is 1. The average Bonchev–Trinajstić information content (AvgIpc) is 2.99. The lowest BCUT2D eigenvalue weighted by Gasteiger charge is -2.07. The molecule has 1 saturated carbocycles. The molecule has 2 rings (SSSR count).